The fourth-order valence-electron chi connectivity index (χ4n) is 1.86. The maximum atomic E-state index is 11.7. The van der Waals surface area contributed by atoms with Gasteiger partial charge in [0.2, 0.25) is 5.91 Å². The molecule has 0 spiro atoms. The molecule has 0 heterocycles. The number of nitrogens with one attached hydrogen (secondary N) is 1. The highest BCUT2D eigenvalue weighted by Gasteiger charge is 2.29. The molecule has 4 N–H and O–H groups in total. The molecule has 0 aromatic heterocycles. The molecule has 0 atom stereocenters. The number of hydrogen-bond donors (Lipinski definition) is 4. The van der Waals surface area contributed by atoms with Crippen LogP contribution in [0.5, 0.6) is 0 Å². The monoisotopic (exact) mass is 312 g/mol. The van der Waals surface area contributed by atoms with Crippen LogP contribution in [-0.2, 0) is 11.2 Å². The number of hydrogen-bond acceptors (Lipinski definition) is 6. The van der Waals surface area contributed by atoms with Crippen LogP contribution in [0, 0.1) is 10.1 Å². The average Bonchev–Trinajstić information content (AvgIpc) is 2.53. The van der Waals surface area contributed by atoms with Gasteiger partial charge in [0.1, 0.15) is 5.54 Å². The second-order valence-corrected chi connectivity index (χ2v) is 5.08. The van der Waals surface area contributed by atoms with Gasteiger partial charge in [0, 0.05) is 18.6 Å². The smallest absolute Gasteiger partial charge is 0.269 e. The molecule has 0 aliphatic carbocycles. The van der Waals surface area contributed by atoms with E-state index in [-0.39, 0.29) is 18.0 Å². The number of aryl methyl sites for hydroxylation is 1. The van der Waals surface area contributed by atoms with E-state index < -0.39 is 30.3 Å². The quantitative estimate of drug-likeness (QED) is 0.367. The summed E-state index contributed by atoms with van der Waals surface area (Å²) in [7, 11) is 0. The van der Waals surface area contributed by atoms with E-state index in [4.69, 9.17) is 15.3 Å². The largest absolute Gasteiger partial charge is 0.394 e. The number of aliphatic hydroxyl groups excluding tert-OH is 3. The van der Waals surface area contributed by atoms with Crippen molar-refractivity contribution >= 4 is 11.6 Å². The van der Waals surface area contributed by atoms with Gasteiger partial charge in [-0.1, -0.05) is 12.1 Å². The molecule has 0 saturated carbocycles. The lowest BCUT2D eigenvalue weighted by Crippen LogP contribution is -2.57. The number of amides is 1. The summed E-state index contributed by atoms with van der Waals surface area (Å²) in [6.45, 7) is -1.68. The number of aliphatic hydroxyl groups is 3. The van der Waals surface area contributed by atoms with Gasteiger partial charge in [-0.2, -0.15) is 0 Å². The minimum atomic E-state index is -1.41. The van der Waals surface area contributed by atoms with Gasteiger partial charge in [0.05, 0.1) is 24.7 Å². The number of nitro groups is 1. The van der Waals surface area contributed by atoms with Crippen LogP contribution < -0.4 is 5.32 Å². The van der Waals surface area contributed by atoms with Crippen molar-refractivity contribution in [2.24, 2.45) is 0 Å². The summed E-state index contributed by atoms with van der Waals surface area (Å²) >= 11 is 0. The number of nitro benzene ring substituents is 1. The molecule has 0 aliphatic rings. The number of carbonyl (C=O) groups is 1. The lowest BCUT2D eigenvalue weighted by molar-refractivity contribution is -0.384. The second-order valence-electron chi connectivity index (χ2n) is 5.08. The Hall–Kier alpha value is -2.03. The van der Waals surface area contributed by atoms with Crippen molar-refractivity contribution in [3.8, 4) is 0 Å². The Morgan fingerprint density at radius 2 is 1.68 bits per heavy atom. The number of benzene rings is 1. The molecule has 0 unspecified atom stereocenters. The first-order valence-corrected chi connectivity index (χ1v) is 6.83. The molecule has 8 nitrogen and oxygen atoms in total. The van der Waals surface area contributed by atoms with Crippen molar-refractivity contribution < 1.29 is 25.0 Å². The van der Waals surface area contributed by atoms with E-state index in [1.54, 1.807) is 12.1 Å². The van der Waals surface area contributed by atoms with Gasteiger partial charge in [-0.05, 0) is 18.4 Å². The molecule has 122 valence electrons. The van der Waals surface area contributed by atoms with E-state index in [1.807, 2.05) is 0 Å². The maximum absolute atomic E-state index is 11.7. The molecule has 8 heteroatoms. The van der Waals surface area contributed by atoms with Gasteiger partial charge in [-0.25, -0.2) is 0 Å². The average molecular weight is 312 g/mol. The van der Waals surface area contributed by atoms with Crippen molar-refractivity contribution in [1.82, 2.24) is 5.32 Å². The summed E-state index contributed by atoms with van der Waals surface area (Å²) in [5.74, 6) is -0.390. The van der Waals surface area contributed by atoms with Crippen LogP contribution >= 0.6 is 0 Å². The van der Waals surface area contributed by atoms with Crippen LogP contribution in [0.2, 0.25) is 0 Å². The molecule has 1 rings (SSSR count). The number of carbonyl (C=O) groups excluding carboxylic acids is 1. The summed E-state index contributed by atoms with van der Waals surface area (Å²) < 4.78 is 0. The molecule has 0 aliphatic heterocycles. The predicted octanol–water partition coefficient (Wildman–Crippen LogP) is -0.251. The highest BCUT2D eigenvalue weighted by atomic mass is 16.6. The molecule has 1 amide bonds. The van der Waals surface area contributed by atoms with Gasteiger partial charge in [0.15, 0.2) is 0 Å². The summed E-state index contributed by atoms with van der Waals surface area (Å²) in [6, 6.07) is 6.08. The molecule has 1 aromatic rings. The third-order valence-electron chi connectivity index (χ3n) is 3.33. The zero-order chi connectivity index (χ0) is 16.6. The first kappa shape index (κ1) is 18.0. The third kappa shape index (κ3) is 5.06. The van der Waals surface area contributed by atoms with Crippen LogP contribution in [0.4, 0.5) is 5.69 Å². The normalized spacial score (nSPS) is 11.2. The van der Waals surface area contributed by atoms with Gasteiger partial charge in [-0.3, -0.25) is 14.9 Å². The van der Waals surface area contributed by atoms with E-state index in [1.165, 1.54) is 12.1 Å². The van der Waals surface area contributed by atoms with E-state index in [0.29, 0.717) is 12.8 Å². The molecular weight excluding hydrogens is 292 g/mol. The Bertz CT molecular complexity index is 490. The molecule has 0 fully saturated rings. The summed E-state index contributed by atoms with van der Waals surface area (Å²) in [6.07, 6.45) is 1.22. The molecule has 1 aromatic carbocycles. The first-order chi connectivity index (χ1) is 10.5. The Morgan fingerprint density at radius 1 is 1.14 bits per heavy atom. The summed E-state index contributed by atoms with van der Waals surface area (Å²) in [5, 5.41) is 40.3. The van der Waals surface area contributed by atoms with Crippen LogP contribution in [0.1, 0.15) is 18.4 Å². The summed E-state index contributed by atoms with van der Waals surface area (Å²) in [5.41, 5.74) is -0.527. The van der Waals surface area contributed by atoms with Crippen molar-refractivity contribution in [2.75, 3.05) is 19.8 Å². The van der Waals surface area contributed by atoms with Crippen LogP contribution in [0.3, 0.4) is 0 Å². The van der Waals surface area contributed by atoms with E-state index in [2.05, 4.69) is 5.32 Å². The van der Waals surface area contributed by atoms with Crippen LogP contribution in [-0.4, -0.2) is 51.5 Å². The van der Waals surface area contributed by atoms with Crippen molar-refractivity contribution in [2.45, 2.75) is 24.8 Å². The van der Waals surface area contributed by atoms with E-state index >= 15 is 0 Å². The standard InChI is InChI=1S/C14H20N2O6/c17-8-14(9-18,10-19)15-13(20)3-1-2-11-4-6-12(7-5-11)16(21)22/h4-7,17-19H,1-3,8-10H2,(H,15,20). The lowest BCUT2D eigenvalue weighted by atomic mass is 10.0. The molecular formula is C14H20N2O6. The zero-order valence-corrected chi connectivity index (χ0v) is 12.1. The van der Waals surface area contributed by atoms with Gasteiger partial charge >= 0.3 is 0 Å². The van der Waals surface area contributed by atoms with E-state index in [9.17, 15) is 14.9 Å². The second kappa shape index (κ2) is 8.42. The Kier molecular flexibility index (Phi) is 6.90. The molecule has 22 heavy (non-hydrogen) atoms. The fraction of sp³-hybridized carbons (Fsp3) is 0.500. The molecule has 0 bridgehead atoms. The zero-order valence-electron chi connectivity index (χ0n) is 12.1. The third-order valence-corrected chi connectivity index (χ3v) is 3.33. The minimum Gasteiger partial charge on any atom is -0.394 e. The first-order valence-electron chi connectivity index (χ1n) is 6.83. The van der Waals surface area contributed by atoms with E-state index in [0.717, 1.165) is 5.56 Å². The van der Waals surface area contributed by atoms with Gasteiger partial charge in [-0.15, -0.1) is 0 Å². The number of rotatable bonds is 9. The SMILES string of the molecule is O=C(CCCc1ccc([N+](=O)[O-])cc1)NC(CO)(CO)CO. The van der Waals surface area contributed by atoms with Crippen LogP contribution in [0.25, 0.3) is 0 Å². The predicted molar refractivity (Wildman–Crippen MR) is 78.2 cm³/mol. The number of non-ortho nitro benzene ring substituents is 1. The maximum Gasteiger partial charge on any atom is 0.269 e. The van der Waals surface area contributed by atoms with Gasteiger partial charge in [0.25, 0.3) is 5.69 Å². The van der Waals surface area contributed by atoms with Crippen molar-refractivity contribution in [1.29, 1.82) is 0 Å². The molecule has 0 radical (unpaired) electrons. The molecule has 0 saturated heterocycles. The Labute approximate surface area is 127 Å². The Morgan fingerprint density at radius 3 is 2.14 bits per heavy atom. The van der Waals surface area contributed by atoms with Crippen LogP contribution in [0.15, 0.2) is 24.3 Å². The van der Waals surface area contributed by atoms with Gasteiger partial charge < -0.3 is 20.6 Å². The fourth-order valence-corrected chi connectivity index (χ4v) is 1.86. The highest BCUT2D eigenvalue weighted by Crippen LogP contribution is 2.13. The topological polar surface area (TPSA) is 133 Å². The lowest BCUT2D eigenvalue weighted by Gasteiger charge is -2.28. The summed E-state index contributed by atoms with van der Waals surface area (Å²) in [4.78, 5) is 21.8. The highest BCUT2D eigenvalue weighted by molar-refractivity contribution is 5.76. The Balaban J connectivity index is 2.43. The van der Waals surface area contributed by atoms with Crippen molar-refractivity contribution in [3.05, 3.63) is 39.9 Å². The van der Waals surface area contributed by atoms with Crippen molar-refractivity contribution in [3.63, 3.8) is 0 Å². The minimum absolute atomic E-state index is 0.0140. The number of nitrogens with zero attached hydrogens (tertiary/aromatic N) is 1.